The van der Waals surface area contributed by atoms with E-state index in [0.29, 0.717) is 17.9 Å². The number of carbonyl (C=O) groups is 3. The van der Waals surface area contributed by atoms with Gasteiger partial charge < -0.3 is 21.0 Å². The summed E-state index contributed by atoms with van der Waals surface area (Å²) in [6.45, 7) is 3.91. The number of anilines is 1. The molecule has 37 heavy (non-hydrogen) atoms. The van der Waals surface area contributed by atoms with Crippen LogP contribution >= 0.6 is 23.1 Å². The lowest BCUT2D eigenvalue weighted by Gasteiger charge is -2.49. The Morgan fingerprint density at radius 2 is 2.24 bits per heavy atom. The summed E-state index contributed by atoms with van der Waals surface area (Å²) in [6.07, 6.45) is 7.10. The van der Waals surface area contributed by atoms with Gasteiger partial charge in [0.25, 0.3) is 17.5 Å². The van der Waals surface area contributed by atoms with Crippen LogP contribution in [-0.2, 0) is 25.8 Å². The number of carboxylic acids is 1. The summed E-state index contributed by atoms with van der Waals surface area (Å²) in [7, 11) is 0. The van der Waals surface area contributed by atoms with Crippen molar-refractivity contribution in [3.63, 3.8) is 0 Å². The van der Waals surface area contributed by atoms with Crippen LogP contribution < -0.4 is 15.6 Å². The molecule has 14 heteroatoms. The van der Waals surface area contributed by atoms with Crippen molar-refractivity contribution in [1.29, 1.82) is 0 Å². The second-order valence-corrected chi connectivity index (χ2v) is 10.1. The van der Waals surface area contributed by atoms with Crippen LogP contribution in [0.5, 0.6) is 0 Å². The highest BCUT2D eigenvalue weighted by atomic mass is 32.2. The van der Waals surface area contributed by atoms with Gasteiger partial charge in [-0.3, -0.25) is 14.5 Å². The smallest absolute Gasteiger partial charge is 0.352 e. The lowest BCUT2D eigenvalue weighted by molar-refractivity contribution is -0.662. The summed E-state index contributed by atoms with van der Waals surface area (Å²) in [5, 5.41) is 17.7. The molecule has 2 atom stereocenters. The lowest BCUT2D eigenvalue weighted by atomic mass is 10.0. The van der Waals surface area contributed by atoms with E-state index in [-0.39, 0.29) is 28.8 Å². The molecule has 0 radical (unpaired) electrons. The van der Waals surface area contributed by atoms with E-state index >= 15 is 0 Å². The van der Waals surface area contributed by atoms with Gasteiger partial charge in [-0.15, -0.1) is 23.1 Å². The van der Waals surface area contributed by atoms with Crippen molar-refractivity contribution in [1.82, 2.24) is 19.6 Å². The average Bonchev–Trinajstić information content (AvgIpc) is 3.50. The highest BCUT2D eigenvalue weighted by Crippen LogP contribution is 2.40. The van der Waals surface area contributed by atoms with E-state index in [0.717, 1.165) is 17.0 Å². The summed E-state index contributed by atoms with van der Waals surface area (Å²) in [4.78, 5) is 48.8. The molecule has 0 aromatic carbocycles. The molecular weight excluding hydrogens is 518 g/mol. The van der Waals surface area contributed by atoms with Gasteiger partial charge in [-0.25, -0.2) is 18.7 Å². The number of carbonyl (C=O) groups excluding carboxylic acids is 2. The average molecular weight is 541 g/mol. The number of rotatable bonds is 9. The van der Waals surface area contributed by atoms with Crippen molar-refractivity contribution >= 4 is 57.4 Å². The van der Waals surface area contributed by atoms with Crippen molar-refractivity contribution in [3.8, 4) is 0 Å². The van der Waals surface area contributed by atoms with E-state index in [1.807, 2.05) is 45.8 Å². The summed E-state index contributed by atoms with van der Waals surface area (Å²) < 4.78 is 3.85. The monoisotopic (exact) mass is 540 g/mol. The Bertz CT molecular complexity index is 1480. The number of oxime groups is 1. The van der Waals surface area contributed by atoms with Crippen LogP contribution in [0.1, 0.15) is 5.69 Å². The third-order valence-electron chi connectivity index (χ3n) is 5.79. The van der Waals surface area contributed by atoms with Crippen LogP contribution in [0.3, 0.4) is 0 Å². The van der Waals surface area contributed by atoms with Gasteiger partial charge >= 0.3 is 5.97 Å². The number of hydrogen-bond acceptors (Lipinski definition) is 9. The first-order valence-electron chi connectivity index (χ1n) is 11.1. The number of fused-ring (bicyclic) bond motifs is 2. The number of nitrogens with one attached hydrogen (secondary N) is 1. The first-order valence-corrected chi connectivity index (χ1v) is 13.0. The van der Waals surface area contributed by atoms with Gasteiger partial charge in [-0.05, 0) is 6.07 Å². The first-order chi connectivity index (χ1) is 17.9. The van der Waals surface area contributed by atoms with Crippen LogP contribution in [0.15, 0.2) is 71.3 Å². The molecule has 1 fully saturated rings. The number of nitrogen functional groups attached to an aromatic ring is 1. The normalized spacial score (nSPS) is 19.4. The second kappa shape index (κ2) is 10.1. The number of amides is 2. The number of nitrogens with zero attached hydrogens (tertiary/aromatic N) is 5. The molecule has 0 spiro atoms. The highest BCUT2D eigenvalue weighted by molar-refractivity contribution is 8.00. The number of hydrogen-bond donors (Lipinski definition) is 3. The van der Waals surface area contributed by atoms with Crippen LogP contribution in [0.2, 0.25) is 0 Å². The minimum atomic E-state index is -1.19. The third-order valence-corrected chi connectivity index (χ3v) is 7.81. The Kier molecular flexibility index (Phi) is 6.67. The molecule has 5 heterocycles. The molecule has 2 aliphatic heterocycles. The van der Waals surface area contributed by atoms with E-state index < -0.39 is 29.2 Å². The maximum absolute atomic E-state index is 13.1. The summed E-state index contributed by atoms with van der Waals surface area (Å²) >= 11 is 2.52. The minimum Gasteiger partial charge on any atom is -0.477 e. The highest BCUT2D eigenvalue weighted by Gasteiger charge is 2.54. The number of aromatic nitrogens is 3. The standard InChI is InChI=1S/C23H21N7O5S2/c1-2-9-35-27-16(14-12-37-23(24)25-14)19(31)26-17-20(32)30-18(22(33)34)13(11-36-21(17)30)10-29-8-7-28-6-4-3-5-15(28)29/h2-8,12,17,21H,1,9-11H2,(H3-,24,25,26,31,33,34)/p+1/b27-16+/t17-,21-/m1/s1. The quantitative estimate of drug-likeness (QED) is 0.0891. The lowest BCUT2D eigenvalue weighted by Crippen LogP contribution is -2.71. The molecule has 0 unspecified atom stereocenters. The number of β-lactam (4-membered cyclic amide) rings is 1. The summed E-state index contributed by atoms with van der Waals surface area (Å²) in [5.41, 5.74) is 7.18. The number of pyridine rings is 1. The number of nitrogens with two attached hydrogens (primary N) is 1. The molecular formula is C23H22N7O5S2+. The molecule has 1 saturated heterocycles. The zero-order chi connectivity index (χ0) is 26.1. The van der Waals surface area contributed by atoms with Crippen molar-refractivity contribution in [2.24, 2.45) is 5.16 Å². The molecule has 4 N–H and O–H groups in total. The fraction of sp³-hybridized carbons (Fsp3) is 0.217. The Hall–Kier alpha value is -4.17. The van der Waals surface area contributed by atoms with Gasteiger partial charge in [-0.2, -0.15) is 0 Å². The van der Waals surface area contributed by atoms with Crippen LogP contribution in [0.25, 0.3) is 5.65 Å². The molecule has 3 aromatic heterocycles. The van der Waals surface area contributed by atoms with Gasteiger partial charge in [0.2, 0.25) is 0 Å². The Morgan fingerprint density at radius 3 is 2.97 bits per heavy atom. The van der Waals surface area contributed by atoms with Crippen molar-refractivity contribution in [2.45, 2.75) is 18.0 Å². The molecule has 0 saturated carbocycles. The van der Waals surface area contributed by atoms with E-state index in [1.54, 1.807) is 5.38 Å². The second-order valence-electron chi connectivity index (χ2n) is 8.11. The molecule has 0 aliphatic carbocycles. The number of carboxylic acid groups (broad SMARTS) is 1. The molecule has 190 valence electrons. The number of thiazole rings is 1. The van der Waals surface area contributed by atoms with Gasteiger partial charge in [0.1, 0.15) is 48.4 Å². The molecule has 2 aliphatic rings. The SMILES string of the molecule is C=CCO/N=C(/C(=O)N[C@@H]1C(=O)N2C(C(=O)O)=C(C[n+]3ccn4ccccc43)CS[C@H]12)c1csc(N)n1. The fourth-order valence-electron chi connectivity index (χ4n) is 4.15. The van der Waals surface area contributed by atoms with Gasteiger partial charge in [0, 0.05) is 22.8 Å². The van der Waals surface area contributed by atoms with E-state index in [1.165, 1.54) is 22.7 Å². The largest absolute Gasteiger partial charge is 0.477 e. The first kappa shape index (κ1) is 24.5. The number of thioether (sulfide) groups is 1. The van der Waals surface area contributed by atoms with E-state index in [4.69, 9.17) is 10.6 Å². The summed E-state index contributed by atoms with van der Waals surface area (Å²) in [6, 6.07) is 4.79. The van der Waals surface area contributed by atoms with E-state index in [9.17, 15) is 19.5 Å². The molecule has 12 nitrogen and oxygen atoms in total. The van der Waals surface area contributed by atoms with Crippen molar-refractivity contribution < 1.29 is 28.9 Å². The Morgan fingerprint density at radius 1 is 1.41 bits per heavy atom. The fourth-order valence-corrected chi connectivity index (χ4v) is 6.04. The topological polar surface area (TPSA) is 156 Å². The molecule has 0 bridgehead atoms. The van der Waals surface area contributed by atoms with Crippen LogP contribution in [0.4, 0.5) is 5.13 Å². The maximum atomic E-state index is 13.1. The van der Waals surface area contributed by atoms with Crippen molar-refractivity contribution in [2.75, 3.05) is 18.1 Å². The Labute approximate surface area is 218 Å². The van der Waals surface area contributed by atoms with Crippen LogP contribution in [-0.4, -0.2) is 66.7 Å². The Balaban J connectivity index is 1.36. The number of imidazole rings is 1. The minimum absolute atomic E-state index is 0.0579. The maximum Gasteiger partial charge on any atom is 0.352 e. The van der Waals surface area contributed by atoms with Gasteiger partial charge in [-0.1, -0.05) is 23.9 Å². The summed E-state index contributed by atoms with van der Waals surface area (Å²) in [5.74, 6) is -2.02. The van der Waals surface area contributed by atoms with Gasteiger partial charge in [0.05, 0.1) is 6.20 Å². The van der Waals surface area contributed by atoms with Crippen LogP contribution in [0, 0.1) is 0 Å². The number of aliphatic carboxylic acids is 1. The van der Waals surface area contributed by atoms with Gasteiger partial charge in [0.15, 0.2) is 10.8 Å². The predicted octanol–water partition coefficient (Wildman–Crippen LogP) is 0.611. The zero-order valence-electron chi connectivity index (χ0n) is 19.3. The molecule has 2 amide bonds. The third kappa shape index (κ3) is 4.56. The molecule has 3 aromatic rings. The van der Waals surface area contributed by atoms with Crippen molar-refractivity contribution in [3.05, 3.63) is 71.8 Å². The zero-order valence-corrected chi connectivity index (χ0v) is 20.9. The molecule has 5 rings (SSSR count). The van der Waals surface area contributed by atoms with E-state index in [2.05, 4.69) is 22.0 Å². The predicted molar refractivity (Wildman–Crippen MR) is 136 cm³/mol.